The van der Waals surface area contributed by atoms with Crippen LogP contribution in [0.2, 0.25) is 0 Å². The van der Waals surface area contributed by atoms with Crippen molar-refractivity contribution in [1.82, 2.24) is 15.6 Å². The minimum Gasteiger partial charge on any atom is -0.315 e. The Kier molecular flexibility index (Phi) is 4.06. The Morgan fingerprint density at radius 3 is 3.11 bits per heavy atom. The molecule has 0 radical (unpaired) electrons. The molecule has 1 unspecified atom stereocenters. The van der Waals surface area contributed by atoms with Gasteiger partial charge < -0.3 is 10.6 Å². The molecular formula is C16H21N3. The maximum absolute atomic E-state index is 4.51. The fourth-order valence-electron chi connectivity index (χ4n) is 2.81. The van der Waals surface area contributed by atoms with Gasteiger partial charge in [0.05, 0.1) is 5.52 Å². The van der Waals surface area contributed by atoms with Crippen LogP contribution in [0.25, 0.3) is 10.9 Å². The molecule has 0 bridgehead atoms. The summed E-state index contributed by atoms with van der Waals surface area (Å²) >= 11 is 0. The second kappa shape index (κ2) is 6.13. The quantitative estimate of drug-likeness (QED) is 0.878. The van der Waals surface area contributed by atoms with Gasteiger partial charge in [-0.15, -0.1) is 0 Å². The van der Waals surface area contributed by atoms with Gasteiger partial charge in [-0.25, -0.2) is 0 Å². The first-order chi connectivity index (χ1) is 9.43. The number of nitrogens with one attached hydrogen (secondary N) is 2. The van der Waals surface area contributed by atoms with Gasteiger partial charge in [-0.1, -0.05) is 24.3 Å². The molecule has 1 fully saturated rings. The summed E-state index contributed by atoms with van der Waals surface area (Å²) in [5.74, 6) is 0. The van der Waals surface area contributed by atoms with Crippen molar-refractivity contribution in [1.29, 1.82) is 0 Å². The van der Waals surface area contributed by atoms with Crippen molar-refractivity contribution in [2.45, 2.75) is 25.3 Å². The van der Waals surface area contributed by atoms with Crippen LogP contribution in [0, 0.1) is 0 Å². The molecule has 2 aromatic rings. The van der Waals surface area contributed by atoms with Crippen LogP contribution in [0.4, 0.5) is 0 Å². The molecule has 3 nitrogen and oxygen atoms in total. The van der Waals surface area contributed by atoms with Crippen molar-refractivity contribution < 1.29 is 0 Å². The van der Waals surface area contributed by atoms with Crippen LogP contribution in [0.1, 0.15) is 18.4 Å². The second-order valence-electron chi connectivity index (χ2n) is 5.24. The van der Waals surface area contributed by atoms with E-state index in [2.05, 4.69) is 39.9 Å². The van der Waals surface area contributed by atoms with Crippen LogP contribution in [-0.2, 0) is 6.42 Å². The number of nitrogens with zero attached hydrogens (tertiary/aromatic N) is 1. The van der Waals surface area contributed by atoms with Crippen LogP contribution >= 0.6 is 0 Å². The maximum atomic E-state index is 4.51. The predicted octanol–water partition coefficient (Wildman–Crippen LogP) is 2.12. The average Bonchev–Trinajstić information content (AvgIpc) is 2.49. The lowest BCUT2D eigenvalue weighted by Crippen LogP contribution is -2.43. The van der Waals surface area contributed by atoms with Gasteiger partial charge >= 0.3 is 0 Å². The zero-order valence-corrected chi connectivity index (χ0v) is 11.2. The zero-order chi connectivity index (χ0) is 12.9. The Bertz CT molecular complexity index is 527. The molecule has 3 rings (SSSR count). The molecule has 2 heterocycles. The normalized spacial score (nSPS) is 19.7. The lowest BCUT2D eigenvalue weighted by Gasteiger charge is -2.23. The van der Waals surface area contributed by atoms with Crippen molar-refractivity contribution in [3.8, 4) is 0 Å². The summed E-state index contributed by atoms with van der Waals surface area (Å²) in [5, 5.41) is 8.32. The molecule has 19 heavy (non-hydrogen) atoms. The van der Waals surface area contributed by atoms with Crippen molar-refractivity contribution in [3.05, 3.63) is 42.1 Å². The zero-order valence-electron chi connectivity index (χ0n) is 11.2. The smallest absolute Gasteiger partial charge is 0.0734 e. The van der Waals surface area contributed by atoms with Crippen molar-refractivity contribution in [2.24, 2.45) is 0 Å². The lowest BCUT2D eigenvalue weighted by molar-refractivity contribution is 0.392. The Hall–Kier alpha value is -1.45. The van der Waals surface area contributed by atoms with E-state index in [1.165, 1.54) is 30.3 Å². The van der Waals surface area contributed by atoms with E-state index in [0.29, 0.717) is 6.04 Å². The average molecular weight is 255 g/mol. The van der Waals surface area contributed by atoms with Crippen LogP contribution < -0.4 is 10.6 Å². The van der Waals surface area contributed by atoms with E-state index in [9.17, 15) is 0 Å². The van der Waals surface area contributed by atoms with E-state index < -0.39 is 0 Å². The van der Waals surface area contributed by atoms with Crippen molar-refractivity contribution in [2.75, 3.05) is 19.6 Å². The molecule has 1 aromatic heterocycles. The molecule has 1 saturated heterocycles. The molecule has 0 amide bonds. The van der Waals surface area contributed by atoms with E-state index in [1.54, 1.807) is 0 Å². The maximum Gasteiger partial charge on any atom is 0.0734 e. The summed E-state index contributed by atoms with van der Waals surface area (Å²) in [6, 6.07) is 11.2. The molecule has 1 aliphatic heterocycles. The number of para-hydroxylation sites is 1. The van der Waals surface area contributed by atoms with Gasteiger partial charge in [0.1, 0.15) is 0 Å². The summed E-state index contributed by atoms with van der Waals surface area (Å²) in [5.41, 5.74) is 2.49. The molecule has 2 N–H and O–H groups in total. The van der Waals surface area contributed by atoms with Gasteiger partial charge in [0.25, 0.3) is 0 Å². The lowest BCUT2D eigenvalue weighted by atomic mass is 10.1. The number of hydrogen-bond donors (Lipinski definition) is 2. The summed E-state index contributed by atoms with van der Waals surface area (Å²) in [6.07, 6.45) is 5.50. The third-order valence-electron chi connectivity index (χ3n) is 3.84. The van der Waals surface area contributed by atoms with Crippen LogP contribution in [-0.4, -0.2) is 30.7 Å². The van der Waals surface area contributed by atoms with E-state index in [1.807, 2.05) is 12.3 Å². The number of rotatable bonds is 4. The van der Waals surface area contributed by atoms with Crippen molar-refractivity contribution >= 4 is 10.9 Å². The first-order valence-corrected chi connectivity index (χ1v) is 7.20. The molecule has 0 saturated carbocycles. The van der Waals surface area contributed by atoms with Gasteiger partial charge in [0.15, 0.2) is 0 Å². The minimum absolute atomic E-state index is 0.636. The number of hydrogen-bond acceptors (Lipinski definition) is 3. The number of aromatic nitrogens is 1. The van der Waals surface area contributed by atoms with Crippen LogP contribution in [0.5, 0.6) is 0 Å². The predicted molar refractivity (Wildman–Crippen MR) is 79.3 cm³/mol. The van der Waals surface area contributed by atoms with Gasteiger partial charge in [0.2, 0.25) is 0 Å². The van der Waals surface area contributed by atoms with E-state index >= 15 is 0 Å². The number of benzene rings is 1. The Morgan fingerprint density at radius 1 is 1.26 bits per heavy atom. The third-order valence-corrected chi connectivity index (χ3v) is 3.84. The number of fused-ring (bicyclic) bond motifs is 1. The minimum atomic E-state index is 0.636. The van der Waals surface area contributed by atoms with Gasteiger partial charge in [0, 0.05) is 24.2 Å². The summed E-state index contributed by atoms with van der Waals surface area (Å²) in [6.45, 7) is 3.31. The molecule has 0 spiro atoms. The van der Waals surface area contributed by atoms with Crippen molar-refractivity contribution in [3.63, 3.8) is 0 Å². The highest BCUT2D eigenvalue weighted by molar-refractivity contribution is 5.81. The first-order valence-electron chi connectivity index (χ1n) is 7.20. The molecule has 1 aromatic carbocycles. The van der Waals surface area contributed by atoms with Gasteiger partial charge in [-0.05, 0) is 44.0 Å². The standard InChI is InChI=1S/C16H21N3/c1-4-13-6-2-10-19-16(13)14(5-1)8-11-18-15-7-3-9-17-12-15/h1-2,4-6,10,15,17-18H,3,7-9,11-12H2. The Labute approximate surface area is 114 Å². The molecular weight excluding hydrogens is 234 g/mol. The highest BCUT2D eigenvalue weighted by Gasteiger charge is 2.11. The third kappa shape index (κ3) is 3.11. The first kappa shape index (κ1) is 12.6. The summed E-state index contributed by atoms with van der Waals surface area (Å²) in [7, 11) is 0. The van der Waals surface area contributed by atoms with E-state index in [0.717, 1.165) is 25.0 Å². The molecule has 100 valence electrons. The number of pyridine rings is 1. The molecule has 3 heteroatoms. The Morgan fingerprint density at radius 2 is 2.21 bits per heavy atom. The SMILES string of the molecule is c1cnc2c(CCNC3CCCNC3)cccc2c1. The summed E-state index contributed by atoms with van der Waals surface area (Å²) < 4.78 is 0. The van der Waals surface area contributed by atoms with Crippen LogP contribution in [0.3, 0.4) is 0 Å². The highest BCUT2D eigenvalue weighted by atomic mass is 15.0. The van der Waals surface area contributed by atoms with E-state index in [4.69, 9.17) is 0 Å². The number of piperidine rings is 1. The Balaban J connectivity index is 1.62. The highest BCUT2D eigenvalue weighted by Crippen LogP contribution is 2.16. The molecule has 0 aliphatic carbocycles. The second-order valence-corrected chi connectivity index (χ2v) is 5.24. The largest absolute Gasteiger partial charge is 0.315 e. The van der Waals surface area contributed by atoms with Crippen LogP contribution in [0.15, 0.2) is 36.5 Å². The fourth-order valence-corrected chi connectivity index (χ4v) is 2.81. The molecule has 1 aliphatic rings. The summed E-state index contributed by atoms with van der Waals surface area (Å²) in [4.78, 5) is 4.51. The molecule has 1 atom stereocenters. The van der Waals surface area contributed by atoms with Gasteiger partial charge in [-0.2, -0.15) is 0 Å². The fraction of sp³-hybridized carbons (Fsp3) is 0.438. The topological polar surface area (TPSA) is 37.0 Å². The van der Waals surface area contributed by atoms with Gasteiger partial charge in [-0.3, -0.25) is 4.98 Å². The van der Waals surface area contributed by atoms with E-state index in [-0.39, 0.29) is 0 Å². The monoisotopic (exact) mass is 255 g/mol.